The first-order chi connectivity index (χ1) is 7.40. The van der Waals surface area contributed by atoms with Crippen LogP contribution in [0.25, 0.3) is 0 Å². The number of cyclic esters (lactones) is 2. The second-order valence-electron chi connectivity index (χ2n) is 3.70. The van der Waals surface area contributed by atoms with Gasteiger partial charge in [-0.05, 0) is 13.8 Å². The second kappa shape index (κ2) is 4.38. The largest absolute Gasteiger partial charge is 0.514 e. The van der Waals surface area contributed by atoms with Crippen molar-refractivity contribution in [3.63, 3.8) is 0 Å². The molecule has 5 nitrogen and oxygen atoms in total. The molecule has 0 amide bonds. The summed E-state index contributed by atoms with van der Waals surface area (Å²) in [4.78, 5) is 22.1. The number of allylic oxidation sites excluding steroid dienone is 1. The number of ether oxygens (including phenoxy) is 3. The molecule has 88 valence electrons. The van der Waals surface area contributed by atoms with Crippen molar-refractivity contribution in [2.45, 2.75) is 32.8 Å². The normalized spacial score (nSPS) is 20.8. The molecule has 0 radical (unpaired) electrons. The number of carbonyl (C=O) groups excluding carboxylic acids is 2. The topological polar surface area (TPSA) is 61.8 Å². The van der Waals surface area contributed by atoms with Crippen molar-refractivity contribution in [1.82, 2.24) is 0 Å². The molecule has 1 aliphatic heterocycles. The zero-order chi connectivity index (χ0) is 12.3. The standard InChI is InChI=1S/C11H14O5/c1-5-7(14-8(12)6-2)9-11(3,4)16-10(13)15-9/h6H,2,5H2,1,3-4H3. The zero-order valence-electron chi connectivity index (χ0n) is 9.53. The fourth-order valence-electron chi connectivity index (χ4n) is 1.32. The van der Waals surface area contributed by atoms with Crippen LogP contribution in [0.5, 0.6) is 0 Å². The summed E-state index contributed by atoms with van der Waals surface area (Å²) in [5.74, 6) is -0.0842. The second-order valence-corrected chi connectivity index (χ2v) is 3.70. The molecular formula is C11H14O5. The summed E-state index contributed by atoms with van der Waals surface area (Å²) in [5.41, 5.74) is -0.913. The van der Waals surface area contributed by atoms with E-state index in [-0.39, 0.29) is 11.5 Å². The Balaban J connectivity index is 3.03. The highest BCUT2D eigenvalue weighted by atomic mass is 16.8. The molecule has 0 aromatic heterocycles. The van der Waals surface area contributed by atoms with Gasteiger partial charge >= 0.3 is 12.1 Å². The minimum absolute atomic E-state index is 0.232. The lowest BCUT2D eigenvalue weighted by atomic mass is 10.1. The number of carbonyl (C=O) groups is 2. The lowest BCUT2D eigenvalue weighted by Gasteiger charge is -2.16. The van der Waals surface area contributed by atoms with Crippen LogP contribution in [-0.4, -0.2) is 17.7 Å². The molecule has 0 unspecified atom stereocenters. The van der Waals surface area contributed by atoms with E-state index in [4.69, 9.17) is 14.2 Å². The Bertz CT molecular complexity index is 365. The van der Waals surface area contributed by atoms with Crippen molar-refractivity contribution in [2.75, 3.05) is 0 Å². The van der Waals surface area contributed by atoms with Crippen molar-refractivity contribution in [1.29, 1.82) is 0 Å². The molecule has 0 aromatic carbocycles. The van der Waals surface area contributed by atoms with Crippen LogP contribution in [0, 0.1) is 0 Å². The summed E-state index contributed by atoms with van der Waals surface area (Å²) < 4.78 is 14.8. The number of esters is 1. The summed E-state index contributed by atoms with van der Waals surface area (Å²) in [5, 5.41) is 0. The maximum Gasteiger partial charge on any atom is 0.514 e. The van der Waals surface area contributed by atoms with Crippen molar-refractivity contribution < 1.29 is 23.8 Å². The quantitative estimate of drug-likeness (QED) is 0.419. The van der Waals surface area contributed by atoms with Gasteiger partial charge in [-0.1, -0.05) is 13.5 Å². The van der Waals surface area contributed by atoms with E-state index >= 15 is 0 Å². The molecule has 16 heavy (non-hydrogen) atoms. The summed E-state index contributed by atoms with van der Waals surface area (Å²) in [7, 11) is 0. The fraction of sp³-hybridized carbons (Fsp3) is 0.455. The Morgan fingerprint density at radius 1 is 1.56 bits per heavy atom. The van der Waals surface area contributed by atoms with Crippen LogP contribution in [0.15, 0.2) is 24.2 Å². The maximum atomic E-state index is 11.1. The highest BCUT2D eigenvalue weighted by Gasteiger charge is 2.42. The third kappa shape index (κ3) is 2.42. The van der Waals surface area contributed by atoms with Gasteiger partial charge in [-0.3, -0.25) is 0 Å². The molecule has 0 spiro atoms. The molecular weight excluding hydrogens is 212 g/mol. The molecule has 0 atom stereocenters. The zero-order valence-corrected chi connectivity index (χ0v) is 9.53. The minimum atomic E-state index is -0.913. The SMILES string of the molecule is C=CC(=O)OC(CC)=C1OC(=O)OC1(C)C. The van der Waals surface area contributed by atoms with Gasteiger partial charge in [-0.15, -0.1) is 0 Å². The molecule has 0 bridgehead atoms. The van der Waals surface area contributed by atoms with Crippen LogP contribution in [-0.2, 0) is 19.0 Å². The molecule has 5 heteroatoms. The van der Waals surface area contributed by atoms with E-state index in [1.54, 1.807) is 20.8 Å². The van der Waals surface area contributed by atoms with E-state index < -0.39 is 17.7 Å². The summed E-state index contributed by atoms with van der Waals surface area (Å²) in [6, 6.07) is 0. The number of hydrogen-bond donors (Lipinski definition) is 0. The van der Waals surface area contributed by atoms with Crippen molar-refractivity contribution >= 4 is 12.1 Å². The summed E-state index contributed by atoms with van der Waals surface area (Å²) in [6.07, 6.45) is 0.663. The Labute approximate surface area is 93.7 Å². The monoisotopic (exact) mass is 226 g/mol. The van der Waals surface area contributed by atoms with E-state index in [1.165, 1.54) is 0 Å². The molecule has 1 rings (SSSR count). The van der Waals surface area contributed by atoms with Gasteiger partial charge in [0.15, 0.2) is 17.1 Å². The molecule has 0 N–H and O–H groups in total. The average Bonchev–Trinajstić information content (AvgIpc) is 2.48. The van der Waals surface area contributed by atoms with E-state index in [1.807, 2.05) is 0 Å². The predicted octanol–water partition coefficient (Wildman–Crippen LogP) is 2.28. The first-order valence-corrected chi connectivity index (χ1v) is 4.89. The van der Waals surface area contributed by atoms with Gasteiger partial charge in [0, 0.05) is 12.5 Å². The highest BCUT2D eigenvalue weighted by molar-refractivity contribution is 5.82. The average molecular weight is 226 g/mol. The van der Waals surface area contributed by atoms with Crippen LogP contribution in [0.3, 0.4) is 0 Å². The van der Waals surface area contributed by atoms with E-state index in [9.17, 15) is 9.59 Å². The third-order valence-corrected chi connectivity index (χ3v) is 2.04. The third-order valence-electron chi connectivity index (χ3n) is 2.04. The van der Waals surface area contributed by atoms with Crippen LogP contribution in [0.2, 0.25) is 0 Å². The number of hydrogen-bond acceptors (Lipinski definition) is 5. The van der Waals surface area contributed by atoms with Gasteiger partial charge in [0.05, 0.1) is 0 Å². The lowest BCUT2D eigenvalue weighted by molar-refractivity contribution is -0.134. The van der Waals surface area contributed by atoms with E-state index in [2.05, 4.69) is 6.58 Å². The first kappa shape index (κ1) is 12.3. The molecule has 0 saturated carbocycles. The van der Waals surface area contributed by atoms with Gasteiger partial charge in [0.1, 0.15) is 0 Å². The Hall–Kier alpha value is -1.78. The summed E-state index contributed by atoms with van der Waals surface area (Å²) in [6.45, 7) is 8.38. The Morgan fingerprint density at radius 2 is 2.19 bits per heavy atom. The van der Waals surface area contributed by atoms with Crippen molar-refractivity contribution in [2.24, 2.45) is 0 Å². The van der Waals surface area contributed by atoms with Gasteiger partial charge in [0.25, 0.3) is 0 Å². The van der Waals surface area contributed by atoms with Gasteiger partial charge in [0.2, 0.25) is 0 Å². The molecule has 0 aliphatic carbocycles. The molecule has 1 heterocycles. The minimum Gasteiger partial charge on any atom is -0.424 e. The van der Waals surface area contributed by atoms with Crippen LogP contribution >= 0.6 is 0 Å². The van der Waals surface area contributed by atoms with E-state index in [0.717, 1.165) is 6.08 Å². The predicted molar refractivity (Wildman–Crippen MR) is 55.3 cm³/mol. The molecule has 1 saturated heterocycles. The molecule has 0 aromatic rings. The van der Waals surface area contributed by atoms with Gasteiger partial charge in [-0.25, -0.2) is 9.59 Å². The van der Waals surface area contributed by atoms with Crippen LogP contribution in [0.4, 0.5) is 4.79 Å². The Morgan fingerprint density at radius 3 is 2.56 bits per heavy atom. The van der Waals surface area contributed by atoms with Crippen LogP contribution < -0.4 is 0 Å². The van der Waals surface area contributed by atoms with Gasteiger partial charge in [-0.2, -0.15) is 0 Å². The number of rotatable bonds is 3. The van der Waals surface area contributed by atoms with Crippen LogP contribution in [0.1, 0.15) is 27.2 Å². The molecule has 1 fully saturated rings. The summed E-state index contributed by atoms with van der Waals surface area (Å²) >= 11 is 0. The fourth-order valence-corrected chi connectivity index (χ4v) is 1.32. The smallest absolute Gasteiger partial charge is 0.424 e. The molecule has 1 aliphatic rings. The lowest BCUT2D eigenvalue weighted by Crippen LogP contribution is -2.22. The Kier molecular flexibility index (Phi) is 3.37. The maximum absolute atomic E-state index is 11.1. The first-order valence-electron chi connectivity index (χ1n) is 4.89. The van der Waals surface area contributed by atoms with Crippen molar-refractivity contribution in [3.05, 3.63) is 24.2 Å². The highest BCUT2D eigenvalue weighted by Crippen LogP contribution is 2.33. The van der Waals surface area contributed by atoms with Gasteiger partial charge < -0.3 is 14.2 Å². The van der Waals surface area contributed by atoms with Crippen molar-refractivity contribution in [3.8, 4) is 0 Å². The van der Waals surface area contributed by atoms with E-state index in [0.29, 0.717) is 6.42 Å².